The van der Waals surface area contributed by atoms with Gasteiger partial charge in [-0.1, -0.05) is 98.8 Å². The highest BCUT2D eigenvalue weighted by atomic mass is 32.2. The van der Waals surface area contributed by atoms with E-state index in [2.05, 4.69) is 31.2 Å². The van der Waals surface area contributed by atoms with Crippen LogP contribution in [0.3, 0.4) is 0 Å². The van der Waals surface area contributed by atoms with E-state index in [-0.39, 0.29) is 22.5 Å². The van der Waals surface area contributed by atoms with Crippen LogP contribution in [0.2, 0.25) is 0 Å². The van der Waals surface area contributed by atoms with E-state index >= 15 is 0 Å². The van der Waals surface area contributed by atoms with Gasteiger partial charge in [0.1, 0.15) is 5.75 Å². The minimum Gasteiger partial charge on any atom is -0.507 e. The molecule has 168 valence electrons. The number of aromatic hydroxyl groups is 1. The van der Waals surface area contributed by atoms with Gasteiger partial charge in [-0.25, -0.2) is 0 Å². The molecule has 33 heavy (non-hydrogen) atoms. The van der Waals surface area contributed by atoms with E-state index in [0.717, 1.165) is 11.1 Å². The highest BCUT2D eigenvalue weighted by Crippen LogP contribution is 2.40. The zero-order chi connectivity index (χ0) is 23.6. The van der Waals surface area contributed by atoms with Crippen LogP contribution in [-0.2, 0) is 10.1 Å². The zero-order valence-corrected chi connectivity index (χ0v) is 19.3. The molecule has 0 spiro atoms. The molecule has 0 aromatic heterocycles. The molecule has 0 heterocycles. The van der Waals surface area contributed by atoms with Crippen LogP contribution in [0.25, 0.3) is 11.1 Å². The Bertz CT molecular complexity index is 1350. The predicted molar refractivity (Wildman–Crippen MR) is 131 cm³/mol. The van der Waals surface area contributed by atoms with E-state index in [1.165, 1.54) is 17.7 Å². The molecule has 4 aromatic rings. The third-order valence-electron chi connectivity index (χ3n) is 6.20. The Hall–Kier alpha value is -3.41. The summed E-state index contributed by atoms with van der Waals surface area (Å²) in [7, 11) is -4.45. The Balaban J connectivity index is 1.74. The van der Waals surface area contributed by atoms with Crippen molar-refractivity contribution in [1.29, 1.82) is 0 Å². The third kappa shape index (κ3) is 4.85. The van der Waals surface area contributed by atoms with Crippen LogP contribution in [0.4, 0.5) is 0 Å². The average Bonchev–Trinajstić information content (AvgIpc) is 2.84. The highest BCUT2D eigenvalue weighted by molar-refractivity contribution is 7.85. The van der Waals surface area contributed by atoms with Gasteiger partial charge in [-0.15, -0.1) is 0 Å². The normalized spacial score (nSPS) is 13.4. The van der Waals surface area contributed by atoms with Gasteiger partial charge in [0.05, 0.1) is 4.90 Å². The molecule has 2 atom stereocenters. The monoisotopic (exact) mass is 458 g/mol. The van der Waals surface area contributed by atoms with E-state index in [1.54, 1.807) is 12.1 Å². The van der Waals surface area contributed by atoms with Gasteiger partial charge in [0, 0.05) is 23.0 Å². The Morgan fingerprint density at radius 3 is 1.70 bits per heavy atom. The van der Waals surface area contributed by atoms with Crippen molar-refractivity contribution in [1.82, 2.24) is 0 Å². The lowest BCUT2D eigenvalue weighted by Gasteiger charge is -2.19. The minimum absolute atomic E-state index is 0.00262. The molecule has 0 saturated carbocycles. The fourth-order valence-electron chi connectivity index (χ4n) is 4.13. The van der Waals surface area contributed by atoms with Gasteiger partial charge in [0.25, 0.3) is 10.1 Å². The molecule has 0 amide bonds. The molecule has 4 nitrogen and oxygen atoms in total. The molecule has 0 fully saturated rings. The highest BCUT2D eigenvalue weighted by Gasteiger charge is 2.22. The van der Waals surface area contributed by atoms with Gasteiger partial charge < -0.3 is 5.11 Å². The maximum absolute atomic E-state index is 12.0. The van der Waals surface area contributed by atoms with Gasteiger partial charge in [0.2, 0.25) is 0 Å². The summed E-state index contributed by atoms with van der Waals surface area (Å²) in [4.78, 5) is -0.240. The molecule has 0 saturated heterocycles. The van der Waals surface area contributed by atoms with Gasteiger partial charge >= 0.3 is 0 Å². The number of hydrogen-bond donors (Lipinski definition) is 2. The first-order valence-electron chi connectivity index (χ1n) is 10.8. The SMILES string of the molecule is CC(c1ccccc1)c1ccc(C(C)c2cc(S(=O)(=O)O)cc(-c3ccccc3)c2O)cc1. The second-order valence-electron chi connectivity index (χ2n) is 8.27. The van der Waals surface area contributed by atoms with Crippen molar-refractivity contribution in [2.75, 3.05) is 0 Å². The van der Waals surface area contributed by atoms with Crippen molar-refractivity contribution in [3.63, 3.8) is 0 Å². The smallest absolute Gasteiger partial charge is 0.294 e. The van der Waals surface area contributed by atoms with Crippen LogP contribution >= 0.6 is 0 Å². The van der Waals surface area contributed by atoms with Crippen molar-refractivity contribution in [2.24, 2.45) is 0 Å². The third-order valence-corrected chi connectivity index (χ3v) is 7.03. The average molecular weight is 459 g/mol. The molecule has 5 heteroatoms. The number of hydrogen-bond acceptors (Lipinski definition) is 3. The molecular formula is C28H26O4S. The summed E-state index contributed by atoms with van der Waals surface area (Å²) in [6, 6.07) is 30.1. The van der Waals surface area contributed by atoms with Crippen molar-refractivity contribution < 1.29 is 18.1 Å². The standard InChI is InChI=1S/C28H26O4S/c1-19(21-9-5-3-6-10-21)22-13-15-23(16-14-22)20(2)26-17-25(33(30,31)32)18-27(28(26)29)24-11-7-4-8-12-24/h3-20,29H,1-2H3,(H,30,31,32). The predicted octanol–water partition coefficient (Wildman–Crippen LogP) is 6.61. The van der Waals surface area contributed by atoms with Crippen LogP contribution in [0.15, 0.2) is 102 Å². The maximum atomic E-state index is 12.0. The molecule has 0 aliphatic carbocycles. The van der Waals surface area contributed by atoms with E-state index in [4.69, 9.17) is 0 Å². The zero-order valence-electron chi connectivity index (χ0n) is 18.5. The van der Waals surface area contributed by atoms with Crippen molar-refractivity contribution >= 4 is 10.1 Å². The fraction of sp³-hybridized carbons (Fsp3) is 0.143. The second kappa shape index (κ2) is 9.22. The van der Waals surface area contributed by atoms with E-state index in [0.29, 0.717) is 16.7 Å². The van der Waals surface area contributed by atoms with Crippen molar-refractivity contribution in [3.05, 3.63) is 119 Å². The summed E-state index contributed by atoms with van der Waals surface area (Å²) in [5.74, 6) is -0.0606. The molecule has 4 aromatic carbocycles. The number of phenols is 1. The Morgan fingerprint density at radius 1 is 0.667 bits per heavy atom. The van der Waals surface area contributed by atoms with E-state index in [1.807, 2.05) is 55.5 Å². The summed E-state index contributed by atoms with van der Waals surface area (Å²) >= 11 is 0. The number of benzene rings is 4. The van der Waals surface area contributed by atoms with Crippen LogP contribution in [0, 0.1) is 0 Å². The van der Waals surface area contributed by atoms with Crippen LogP contribution in [-0.4, -0.2) is 18.1 Å². The van der Waals surface area contributed by atoms with Crippen molar-refractivity contribution in [2.45, 2.75) is 30.6 Å². The molecule has 0 bridgehead atoms. The molecule has 2 unspecified atom stereocenters. The first-order chi connectivity index (χ1) is 15.8. The van der Waals surface area contributed by atoms with E-state index in [9.17, 15) is 18.1 Å². The largest absolute Gasteiger partial charge is 0.507 e. The van der Waals surface area contributed by atoms with Gasteiger partial charge in [-0.05, 0) is 34.4 Å². The first kappa shape index (κ1) is 22.8. The second-order valence-corrected chi connectivity index (χ2v) is 9.69. The maximum Gasteiger partial charge on any atom is 0.294 e. The molecule has 0 aliphatic rings. The lowest BCUT2D eigenvalue weighted by Crippen LogP contribution is -2.04. The Labute approximate surface area is 194 Å². The van der Waals surface area contributed by atoms with Gasteiger partial charge in [-0.3, -0.25) is 4.55 Å². The summed E-state index contributed by atoms with van der Waals surface area (Å²) in [5, 5.41) is 11.1. The fourth-order valence-corrected chi connectivity index (χ4v) is 4.68. The quantitative estimate of drug-likeness (QED) is 0.319. The topological polar surface area (TPSA) is 74.6 Å². The lowest BCUT2D eigenvalue weighted by molar-refractivity contribution is 0.466. The van der Waals surface area contributed by atoms with Gasteiger partial charge in [0.15, 0.2) is 0 Å². The van der Waals surface area contributed by atoms with Gasteiger partial charge in [-0.2, -0.15) is 8.42 Å². The van der Waals surface area contributed by atoms with Crippen molar-refractivity contribution in [3.8, 4) is 16.9 Å². The van der Waals surface area contributed by atoms with Crippen LogP contribution in [0.5, 0.6) is 5.75 Å². The van der Waals surface area contributed by atoms with Crippen LogP contribution < -0.4 is 0 Å². The lowest BCUT2D eigenvalue weighted by atomic mass is 9.87. The molecule has 0 radical (unpaired) electrons. The summed E-state index contributed by atoms with van der Waals surface area (Å²) < 4.78 is 33.7. The molecule has 4 rings (SSSR count). The summed E-state index contributed by atoms with van der Waals surface area (Å²) in [6.45, 7) is 4.06. The Morgan fingerprint density at radius 2 is 1.15 bits per heavy atom. The Kier molecular flexibility index (Phi) is 6.36. The minimum atomic E-state index is -4.45. The number of phenolic OH excluding ortho intramolecular Hbond substituents is 1. The summed E-state index contributed by atoms with van der Waals surface area (Å²) in [5.41, 5.74) is 4.79. The van der Waals surface area contributed by atoms with Crippen LogP contribution in [0.1, 0.15) is 47.9 Å². The molecule has 0 aliphatic heterocycles. The molecular weight excluding hydrogens is 432 g/mol. The number of rotatable bonds is 6. The first-order valence-corrected chi connectivity index (χ1v) is 12.2. The summed E-state index contributed by atoms with van der Waals surface area (Å²) in [6.07, 6.45) is 0. The molecule has 2 N–H and O–H groups in total. The van der Waals surface area contributed by atoms with E-state index < -0.39 is 10.1 Å².